The van der Waals surface area contributed by atoms with Gasteiger partial charge in [0.1, 0.15) is 0 Å². The van der Waals surface area contributed by atoms with Crippen LogP contribution in [-0.2, 0) is 0 Å². The minimum Gasteiger partial charge on any atom is -0.310 e. The van der Waals surface area contributed by atoms with Crippen molar-refractivity contribution >= 4 is 17.8 Å². The molecule has 1 fully saturated rings. The molecule has 1 aliphatic carbocycles. The molecule has 0 bridgehead atoms. The fourth-order valence-electron chi connectivity index (χ4n) is 1.69. The van der Waals surface area contributed by atoms with Crippen LogP contribution in [0.25, 0.3) is 6.08 Å². The molecule has 1 saturated carbocycles. The summed E-state index contributed by atoms with van der Waals surface area (Å²) in [6.07, 6.45) is 4.49. The summed E-state index contributed by atoms with van der Waals surface area (Å²) in [5, 5.41) is 3.40. The molecule has 0 radical (unpaired) electrons. The minimum absolute atomic E-state index is 0.0823. The van der Waals surface area contributed by atoms with Crippen molar-refractivity contribution in [1.82, 2.24) is 5.32 Å². The molecule has 0 aromatic heterocycles. The van der Waals surface area contributed by atoms with Gasteiger partial charge in [-0.25, -0.2) is 0 Å². The number of hydrogen-bond donors (Lipinski definition) is 1. The molecule has 5 heteroatoms. The fraction of sp³-hybridized carbons (Fsp3) is 0.429. The number of thioether (sulfide) groups is 1. The molecule has 1 N–H and O–H groups in total. The Labute approximate surface area is 115 Å². The molecule has 0 saturated heterocycles. The van der Waals surface area contributed by atoms with E-state index in [2.05, 4.69) is 5.32 Å². The molecule has 0 aliphatic heterocycles. The van der Waals surface area contributed by atoms with Crippen molar-refractivity contribution in [2.45, 2.75) is 36.2 Å². The van der Waals surface area contributed by atoms with Crippen molar-refractivity contribution in [2.24, 2.45) is 0 Å². The maximum absolute atomic E-state index is 12.2. The van der Waals surface area contributed by atoms with Crippen molar-refractivity contribution in [2.75, 3.05) is 6.54 Å². The van der Waals surface area contributed by atoms with E-state index >= 15 is 0 Å². The van der Waals surface area contributed by atoms with E-state index in [9.17, 15) is 13.2 Å². The molecule has 0 unspecified atom stereocenters. The predicted octanol–water partition coefficient (Wildman–Crippen LogP) is 4.45. The van der Waals surface area contributed by atoms with Gasteiger partial charge in [0.25, 0.3) is 0 Å². The normalized spacial score (nSPS) is 16.7. The van der Waals surface area contributed by atoms with Crippen molar-refractivity contribution < 1.29 is 13.2 Å². The molecule has 0 spiro atoms. The van der Waals surface area contributed by atoms with Crippen molar-refractivity contribution in [3.05, 3.63) is 35.4 Å². The van der Waals surface area contributed by atoms with Gasteiger partial charge < -0.3 is 5.32 Å². The SMILES string of the molecule is CC(=Cc1ccc(SC(F)(F)F)cc1)CNC1CC1. The molecule has 0 amide bonds. The van der Waals surface area contributed by atoms with E-state index < -0.39 is 5.51 Å². The Bertz CT molecular complexity index is 447. The molecule has 104 valence electrons. The second kappa shape index (κ2) is 6.01. The zero-order chi connectivity index (χ0) is 13.9. The van der Waals surface area contributed by atoms with Crippen LogP contribution >= 0.6 is 11.8 Å². The molecule has 2 rings (SSSR count). The highest BCUT2D eigenvalue weighted by atomic mass is 32.2. The Balaban J connectivity index is 1.91. The fourth-order valence-corrected chi connectivity index (χ4v) is 2.23. The van der Waals surface area contributed by atoms with E-state index in [1.807, 2.05) is 13.0 Å². The van der Waals surface area contributed by atoms with Crippen LogP contribution in [0.4, 0.5) is 13.2 Å². The first kappa shape index (κ1) is 14.5. The average molecular weight is 287 g/mol. The average Bonchev–Trinajstić information content (AvgIpc) is 3.11. The number of rotatable bonds is 5. The van der Waals surface area contributed by atoms with Crippen LogP contribution in [0.3, 0.4) is 0 Å². The largest absolute Gasteiger partial charge is 0.446 e. The second-order valence-corrected chi connectivity index (χ2v) is 5.90. The highest BCUT2D eigenvalue weighted by molar-refractivity contribution is 8.00. The molecule has 0 heterocycles. The summed E-state index contributed by atoms with van der Waals surface area (Å²) >= 11 is -0.0823. The van der Waals surface area contributed by atoms with Gasteiger partial charge >= 0.3 is 5.51 Å². The van der Waals surface area contributed by atoms with Gasteiger partial charge in [0.05, 0.1) is 0 Å². The monoisotopic (exact) mass is 287 g/mol. The van der Waals surface area contributed by atoms with E-state index in [-0.39, 0.29) is 16.7 Å². The zero-order valence-electron chi connectivity index (χ0n) is 10.6. The number of alkyl halides is 3. The van der Waals surface area contributed by atoms with Crippen LogP contribution in [0, 0.1) is 0 Å². The number of hydrogen-bond acceptors (Lipinski definition) is 2. The Morgan fingerprint density at radius 1 is 1.32 bits per heavy atom. The first-order valence-electron chi connectivity index (χ1n) is 6.19. The topological polar surface area (TPSA) is 12.0 Å². The summed E-state index contributed by atoms with van der Waals surface area (Å²) < 4.78 is 36.5. The van der Waals surface area contributed by atoms with Crippen LogP contribution in [0.1, 0.15) is 25.3 Å². The zero-order valence-corrected chi connectivity index (χ0v) is 11.4. The third-order valence-electron chi connectivity index (χ3n) is 2.77. The molecule has 1 aromatic rings. The Hall–Kier alpha value is -0.940. The van der Waals surface area contributed by atoms with Crippen molar-refractivity contribution in [3.8, 4) is 0 Å². The molecule has 1 aliphatic rings. The standard InChI is InChI=1S/C14H16F3NS/c1-10(9-18-12-4-5-12)8-11-2-6-13(7-3-11)19-14(15,16)17/h2-3,6-8,12,18H,4-5,9H2,1H3. The van der Waals surface area contributed by atoms with Gasteiger partial charge in [0.15, 0.2) is 0 Å². The summed E-state index contributed by atoms with van der Waals surface area (Å²) in [6, 6.07) is 7.11. The van der Waals surface area contributed by atoms with Crippen molar-refractivity contribution in [3.63, 3.8) is 0 Å². The van der Waals surface area contributed by atoms with Gasteiger partial charge in [0, 0.05) is 17.5 Å². The molecule has 19 heavy (non-hydrogen) atoms. The van der Waals surface area contributed by atoms with Gasteiger partial charge in [-0.3, -0.25) is 0 Å². The lowest BCUT2D eigenvalue weighted by Crippen LogP contribution is -2.18. The Morgan fingerprint density at radius 3 is 2.47 bits per heavy atom. The van der Waals surface area contributed by atoms with Crippen LogP contribution < -0.4 is 5.32 Å². The third kappa shape index (κ3) is 5.70. The molecule has 1 nitrogen and oxygen atoms in total. The highest BCUT2D eigenvalue weighted by Crippen LogP contribution is 2.36. The lowest BCUT2D eigenvalue weighted by Gasteiger charge is -2.06. The highest BCUT2D eigenvalue weighted by Gasteiger charge is 2.28. The predicted molar refractivity (Wildman–Crippen MR) is 73.0 cm³/mol. The van der Waals surface area contributed by atoms with E-state index in [4.69, 9.17) is 0 Å². The smallest absolute Gasteiger partial charge is 0.310 e. The number of halogens is 3. The molecular weight excluding hydrogens is 271 g/mol. The van der Waals surface area contributed by atoms with Crippen LogP contribution in [-0.4, -0.2) is 18.1 Å². The summed E-state index contributed by atoms with van der Waals surface area (Å²) in [7, 11) is 0. The summed E-state index contributed by atoms with van der Waals surface area (Å²) in [5.74, 6) is 0. The first-order chi connectivity index (χ1) is 8.92. The quantitative estimate of drug-likeness (QED) is 0.803. The van der Waals surface area contributed by atoms with Gasteiger partial charge in [-0.05, 0) is 49.2 Å². The third-order valence-corrected chi connectivity index (χ3v) is 3.51. The Kier molecular flexibility index (Phi) is 4.58. The second-order valence-electron chi connectivity index (χ2n) is 4.76. The lowest BCUT2D eigenvalue weighted by molar-refractivity contribution is -0.0328. The van der Waals surface area contributed by atoms with E-state index in [1.54, 1.807) is 12.1 Å². The minimum atomic E-state index is -4.22. The number of nitrogens with one attached hydrogen (secondary N) is 1. The van der Waals surface area contributed by atoms with Gasteiger partial charge in [-0.2, -0.15) is 13.2 Å². The molecule has 0 atom stereocenters. The van der Waals surface area contributed by atoms with E-state index in [0.29, 0.717) is 6.04 Å². The Morgan fingerprint density at radius 2 is 1.95 bits per heavy atom. The van der Waals surface area contributed by atoms with Crippen LogP contribution in [0.5, 0.6) is 0 Å². The summed E-state index contributed by atoms with van der Waals surface area (Å²) in [6.45, 7) is 2.86. The van der Waals surface area contributed by atoms with Gasteiger partial charge in [-0.1, -0.05) is 23.8 Å². The lowest BCUT2D eigenvalue weighted by atomic mass is 10.1. The van der Waals surface area contributed by atoms with E-state index in [0.717, 1.165) is 12.1 Å². The van der Waals surface area contributed by atoms with Gasteiger partial charge in [-0.15, -0.1) is 0 Å². The van der Waals surface area contributed by atoms with Crippen LogP contribution in [0.2, 0.25) is 0 Å². The molecular formula is C14H16F3NS. The summed E-state index contributed by atoms with van der Waals surface area (Å²) in [5.41, 5.74) is -2.11. The van der Waals surface area contributed by atoms with Crippen molar-refractivity contribution in [1.29, 1.82) is 0 Å². The summed E-state index contributed by atoms with van der Waals surface area (Å²) in [4.78, 5) is 0.221. The number of benzene rings is 1. The van der Waals surface area contributed by atoms with Gasteiger partial charge in [0.2, 0.25) is 0 Å². The maximum Gasteiger partial charge on any atom is 0.446 e. The first-order valence-corrected chi connectivity index (χ1v) is 7.00. The van der Waals surface area contributed by atoms with Crippen LogP contribution in [0.15, 0.2) is 34.7 Å². The maximum atomic E-state index is 12.2. The molecule has 1 aromatic carbocycles. The van der Waals surface area contributed by atoms with E-state index in [1.165, 1.54) is 30.5 Å².